The first-order chi connectivity index (χ1) is 7.22. The predicted octanol–water partition coefficient (Wildman–Crippen LogP) is 3.92. The van der Waals surface area contributed by atoms with E-state index in [2.05, 4.69) is 22.0 Å². The maximum absolute atomic E-state index is 8.80. The Labute approximate surface area is 103 Å². The van der Waals surface area contributed by atoms with Crippen molar-refractivity contribution in [3.63, 3.8) is 0 Å². The normalized spacial score (nSPS) is 11.9. The van der Waals surface area contributed by atoms with Gasteiger partial charge in [0.2, 0.25) is 0 Å². The van der Waals surface area contributed by atoms with E-state index in [1.165, 1.54) is 0 Å². The molecule has 80 valence electrons. The van der Waals surface area contributed by atoms with Gasteiger partial charge >= 0.3 is 0 Å². The number of hydrogen-bond donors (Lipinski definition) is 0. The number of halogens is 2. The van der Waals surface area contributed by atoms with Gasteiger partial charge in [-0.15, -0.1) is 0 Å². The van der Waals surface area contributed by atoms with Crippen LogP contribution in [0.3, 0.4) is 0 Å². The second-order valence-corrected chi connectivity index (χ2v) is 3.96. The molecule has 0 aliphatic carbocycles. The average molecular weight is 289 g/mol. The van der Waals surface area contributed by atoms with Crippen molar-refractivity contribution in [3.8, 4) is 11.8 Å². The molecule has 0 heterocycles. The zero-order valence-electron chi connectivity index (χ0n) is 8.34. The first-order valence-corrected chi connectivity index (χ1v) is 6.12. The molecular formula is C11H11BrClNO. The summed E-state index contributed by atoms with van der Waals surface area (Å²) in [5.41, 5.74) is 0.882. The summed E-state index contributed by atoms with van der Waals surface area (Å²) < 4.78 is 5.54. The summed E-state index contributed by atoms with van der Waals surface area (Å²) >= 11 is 9.35. The smallest absolute Gasteiger partial charge is 0.184 e. The number of alkyl halides is 1. The Hall–Kier alpha value is -0.720. The first kappa shape index (κ1) is 12.4. The molecule has 0 aliphatic rings. The molecule has 1 aromatic carbocycles. The van der Waals surface area contributed by atoms with Crippen LogP contribution in [0.15, 0.2) is 18.2 Å². The summed E-state index contributed by atoms with van der Waals surface area (Å²) in [6.45, 7) is 1.91. The molecule has 1 aromatic rings. The number of ether oxygens (including phenoxy) is 1. The van der Waals surface area contributed by atoms with Crippen molar-refractivity contribution >= 4 is 27.5 Å². The van der Waals surface area contributed by atoms with Crippen LogP contribution < -0.4 is 4.74 Å². The highest BCUT2D eigenvalue weighted by molar-refractivity contribution is 9.08. The van der Waals surface area contributed by atoms with Gasteiger partial charge in [-0.3, -0.25) is 0 Å². The lowest BCUT2D eigenvalue weighted by Gasteiger charge is -2.14. The van der Waals surface area contributed by atoms with E-state index >= 15 is 0 Å². The zero-order chi connectivity index (χ0) is 11.3. The molecule has 0 saturated carbocycles. The fraction of sp³-hybridized carbons (Fsp3) is 0.364. The van der Waals surface area contributed by atoms with E-state index in [1.807, 2.05) is 19.1 Å². The van der Waals surface area contributed by atoms with E-state index in [1.54, 1.807) is 6.07 Å². The van der Waals surface area contributed by atoms with Crippen LogP contribution in [0.4, 0.5) is 0 Å². The summed E-state index contributed by atoms with van der Waals surface area (Å²) in [5, 5.41) is 10.1. The maximum Gasteiger partial charge on any atom is 0.184 e. The molecule has 2 nitrogen and oxygen atoms in total. The minimum absolute atomic E-state index is 0.415. The number of rotatable bonds is 4. The van der Waals surface area contributed by atoms with Gasteiger partial charge in [0.25, 0.3) is 0 Å². The Morgan fingerprint density at radius 2 is 2.33 bits per heavy atom. The summed E-state index contributed by atoms with van der Waals surface area (Å²) in [4.78, 5) is 0. The fourth-order valence-corrected chi connectivity index (χ4v) is 2.11. The largest absolute Gasteiger partial charge is 0.475 e. The van der Waals surface area contributed by atoms with Crippen LogP contribution in [0.2, 0.25) is 5.02 Å². The van der Waals surface area contributed by atoms with Crippen LogP contribution in [0.25, 0.3) is 0 Å². The molecule has 0 fully saturated rings. The van der Waals surface area contributed by atoms with E-state index in [9.17, 15) is 0 Å². The van der Waals surface area contributed by atoms with Crippen LogP contribution in [-0.4, -0.2) is 6.10 Å². The van der Waals surface area contributed by atoms with Gasteiger partial charge in [-0.05, 0) is 18.6 Å². The molecule has 1 atom stereocenters. The molecule has 4 heteroatoms. The van der Waals surface area contributed by atoms with Crippen molar-refractivity contribution in [2.45, 2.75) is 24.8 Å². The van der Waals surface area contributed by atoms with Crippen molar-refractivity contribution in [2.75, 3.05) is 0 Å². The van der Waals surface area contributed by atoms with Gasteiger partial charge < -0.3 is 4.74 Å². The van der Waals surface area contributed by atoms with Crippen LogP contribution in [0, 0.1) is 11.3 Å². The number of benzene rings is 1. The number of hydrogen-bond acceptors (Lipinski definition) is 2. The summed E-state index contributed by atoms with van der Waals surface area (Å²) in [6, 6.07) is 7.53. The predicted molar refractivity (Wildman–Crippen MR) is 64.4 cm³/mol. The van der Waals surface area contributed by atoms with Crippen LogP contribution in [0.1, 0.15) is 18.9 Å². The van der Waals surface area contributed by atoms with Crippen molar-refractivity contribution in [3.05, 3.63) is 28.8 Å². The van der Waals surface area contributed by atoms with Crippen molar-refractivity contribution in [1.82, 2.24) is 0 Å². The topological polar surface area (TPSA) is 33.0 Å². The monoisotopic (exact) mass is 287 g/mol. The number of nitrogens with zero attached hydrogens (tertiary/aromatic N) is 1. The molecule has 1 unspecified atom stereocenters. The highest BCUT2D eigenvalue weighted by Crippen LogP contribution is 2.29. The van der Waals surface area contributed by atoms with E-state index in [0.717, 1.165) is 5.56 Å². The fourth-order valence-electron chi connectivity index (χ4n) is 1.13. The Bertz CT molecular complexity index is 375. The van der Waals surface area contributed by atoms with Gasteiger partial charge in [0.15, 0.2) is 6.10 Å². The third kappa shape index (κ3) is 3.12. The lowest BCUT2D eigenvalue weighted by Crippen LogP contribution is -2.13. The molecular weight excluding hydrogens is 277 g/mol. The van der Waals surface area contributed by atoms with Gasteiger partial charge in [0.05, 0.1) is 0 Å². The number of nitriles is 1. The standard InChI is InChI=1S/C11H11BrClNO/c1-2-8(7-14)15-11-5-3-4-10(13)9(11)6-12/h3-5,8H,2,6H2,1H3. The summed E-state index contributed by atoms with van der Waals surface area (Å²) in [7, 11) is 0. The minimum Gasteiger partial charge on any atom is -0.475 e. The molecule has 0 bridgehead atoms. The Morgan fingerprint density at radius 3 is 2.87 bits per heavy atom. The molecule has 0 N–H and O–H groups in total. The Balaban J connectivity index is 2.94. The summed E-state index contributed by atoms with van der Waals surface area (Å²) in [5.74, 6) is 0.674. The molecule has 15 heavy (non-hydrogen) atoms. The molecule has 0 radical (unpaired) electrons. The highest BCUT2D eigenvalue weighted by atomic mass is 79.9. The lowest BCUT2D eigenvalue weighted by atomic mass is 10.2. The minimum atomic E-state index is -0.415. The zero-order valence-corrected chi connectivity index (χ0v) is 10.7. The first-order valence-electron chi connectivity index (χ1n) is 4.62. The van der Waals surface area contributed by atoms with E-state index in [-0.39, 0.29) is 0 Å². The SMILES string of the molecule is CCC(C#N)Oc1cccc(Cl)c1CBr. The Morgan fingerprint density at radius 1 is 1.60 bits per heavy atom. The Kier molecular flexibility index (Phi) is 4.93. The van der Waals surface area contributed by atoms with Crippen molar-refractivity contribution in [1.29, 1.82) is 5.26 Å². The van der Waals surface area contributed by atoms with Crippen LogP contribution in [0.5, 0.6) is 5.75 Å². The van der Waals surface area contributed by atoms with Crippen molar-refractivity contribution < 1.29 is 4.74 Å². The third-order valence-corrected chi connectivity index (χ3v) is 2.91. The van der Waals surface area contributed by atoms with Crippen molar-refractivity contribution in [2.24, 2.45) is 0 Å². The van der Waals surface area contributed by atoms with Gasteiger partial charge in [-0.2, -0.15) is 5.26 Å². The highest BCUT2D eigenvalue weighted by Gasteiger charge is 2.11. The lowest BCUT2D eigenvalue weighted by molar-refractivity contribution is 0.250. The van der Waals surface area contributed by atoms with Gasteiger partial charge in [-0.25, -0.2) is 0 Å². The summed E-state index contributed by atoms with van der Waals surface area (Å²) in [6.07, 6.45) is 0.242. The van der Waals surface area contributed by atoms with Crippen LogP contribution >= 0.6 is 27.5 Å². The molecule has 0 spiro atoms. The molecule has 0 amide bonds. The molecule has 1 rings (SSSR count). The second kappa shape index (κ2) is 5.99. The molecule has 0 aliphatic heterocycles. The molecule has 0 aromatic heterocycles. The van der Waals surface area contributed by atoms with Gasteiger partial charge in [0, 0.05) is 15.9 Å². The van der Waals surface area contributed by atoms with E-state index in [4.69, 9.17) is 21.6 Å². The third-order valence-electron chi connectivity index (χ3n) is 1.99. The molecule has 0 saturated heterocycles. The average Bonchev–Trinajstić information content (AvgIpc) is 2.26. The van der Waals surface area contributed by atoms with E-state index < -0.39 is 6.10 Å². The second-order valence-electron chi connectivity index (χ2n) is 2.99. The maximum atomic E-state index is 8.80. The van der Waals surface area contributed by atoms with Gasteiger partial charge in [-0.1, -0.05) is 40.5 Å². The van der Waals surface area contributed by atoms with Gasteiger partial charge in [0.1, 0.15) is 11.8 Å². The van der Waals surface area contributed by atoms with Crippen LogP contribution in [-0.2, 0) is 5.33 Å². The van der Waals surface area contributed by atoms with E-state index in [0.29, 0.717) is 22.5 Å². The quantitative estimate of drug-likeness (QED) is 0.787.